The zero-order chi connectivity index (χ0) is 10.6. The standard InChI is InChI=1S/C12H13NO/c1-4-11-5-7-12(8-6-11)9(2)13-10(3)14/h1,5-9H,2-3H3,(H,13,14). The average Bonchev–Trinajstić information content (AvgIpc) is 2.17. The Morgan fingerprint density at radius 3 is 2.43 bits per heavy atom. The molecule has 0 saturated carbocycles. The summed E-state index contributed by atoms with van der Waals surface area (Å²) < 4.78 is 0. The lowest BCUT2D eigenvalue weighted by atomic mass is 10.1. The van der Waals surface area contributed by atoms with Crippen molar-refractivity contribution in [2.75, 3.05) is 0 Å². The van der Waals surface area contributed by atoms with Crippen LogP contribution in [0.15, 0.2) is 24.3 Å². The number of carbonyl (C=O) groups excluding carboxylic acids is 1. The lowest BCUT2D eigenvalue weighted by Crippen LogP contribution is -2.23. The van der Waals surface area contributed by atoms with Gasteiger partial charge in [-0.1, -0.05) is 18.1 Å². The van der Waals surface area contributed by atoms with Gasteiger partial charge in [0.2, 0.25) is 5.91 Å². The first-order valence-electron chi connectivity index (χ1n) is 4.47. The molecule has 1 rings (SSSR count). The van der Waals surface area contributed by atoms with Crippen LogP contribution in [0.1, 0.15) is 31.0 Å². The van der Waals surface area contributed by atoms with Gasteiger partial charge in [0.15, 0.2) is 0 Å². The van der Waals surface area contributed by atoms with Crippen molar-refractivity contribution in [1.82, 2.24) is 5.32 Å². The molecule has 1 aromatic carbocycles. The van der Waals surface area contributed by atoms with Crippen LogP contribution in [0.2, 0.25) is 0 Å². The second kappa shape index (κ2) is 4.48. The minimum absolute atomic E-state index is 0.0272. The number of amides is 1. The predicted octanol–water partition coefficient (Wildman–Crippen LogP) is 1.86. The molecule has 72 valence electrons. The zero-order valence-electron chi connectivity index (χ0n) is 8.37. The summed E-state index contributed by atoms with van der Waals surface area (Å²) in [7, 11) is 0. The summed E-state index contributed by atoms with van der Waals surface area (Å²) in [6.07, 6.45) is 5.24. The van der Waals surface area contributed by atoms with Gasteiger partial charge >= 0.3 is 0 Å². The summed E-state index contributed by atoms with van der Waals surface area (Å²) >= 11 is 0. The van der Waals surface area contributed by atoms with Crippen molar-refractivity contribution >= 4 is 5.91 Å². The third-order valence-electron chi connectivity index (χ3n) is 2.00. The van der Waals surface area contributed by atoms with Crippen molar-refractivity contribution < 1.29 is 4.79 Å². The van der Waals surface area contributed by atoms with E-state index in [0.717, 1.165) is 11.1 Å². The van der Waals surface area contributed by atoms with Gasteiger partial charge in [-0.2, -0.15) is 0 Å². The monoisotopic (exact) mass is 187 g/mol. The van der Waals surface area contributed by atoms with Crippen LogP contribution in [0.25, 0.3) is 0 Å². The smallest absolute Gasteiger partial charge is 0.217 e. The van der Waals surface area contributed by atoms with Gasteiger partial charge in [-0.25, -0.2) is 0 Å². The maximum Gasteiger partial charge on any atom is 0.217 e. The number of benzene rings is 1. The van der Waals surface area contributed by atoms with Gasteiger partial charge in [0.1, 0.15) is 0 Å². The van der Waals surface area contributed by atoms with Gasteiger partial charge in [0.25, 0.3) is 0 Å². The molecule has 1 N–H and O–H groups in total. The molecule has 1 unspecified atom stereocenters. The summed E-state index contributed by atoms with van der Waals surface area (Å²) in [4.78, 5) is 10.8. The molecule has 1 amide bonds. The fourth-order valence-electron chi connectivity index (χ4n) is 1.26. The van der Waals surface area contributed by atoms with Gasteiger partial charge in [-0.15, -0.1) is 6.42 Å². The highest BCUT2D eigenvalue weighted by molar-refractivity contribution is 5.73. The minimum Gasteiger partial charge on any atom is -0.350 e. The van der Waals surface area contributed by atoms with Gasteiger partial charge < -0.3 is 5.32 Å². The molecule has 14 heavy (non-hydrogen) atoms. The van der Waals surface area contributed by atoms with Crippen molar-refractivity contribution in [2.45, 2.75) is 19.9 Å². The number of hydrogen-bond acceptors (Lipinski definition) is 1. The predicted molar refractivity (Wildman–Crippen MR) is 56.6 cm³/mol. The van der Waals surface area contributed by atoms with Crippen molar-refractivity contribution in [1.29, 1.82) is 0 Å². The SMILES string of the molecule is C#Cc1ccc(C(C)NC(C)=O)cc1. The van der Waals surface area contributed by atoms with Crippen LogP contribution in [-0.2, 0) is 4.79 Å². The zero-order valence-corrected chi connectivity index (χ0v) is 8.37. The van der Waals surface area contributed by atoms with Crippen molar-refractivity contribution in [3.05, 3.63) is 35.4 Å². The molecule has 0 aromatic heterocycles. The molecule has 0 aliphatic rings. The summed E-state index contributed by atoms with van der Waals surface area (Å²) in [6.45, 7) is 3.44. The molecule has 0 radical (unpaired) electrons. The molecule has 0 bridgehead atoms. The normalized spacial score (nSPS) is 11.5. The van der Waals surface area contributed by atoms with E-state index >= 15 is 0 Å². The first-order valence-corrected chi connectivity index (χ1v) is 4.47. The number of terminal acetylenes is 1. The van der Waals surface area contributed by atoms with Crippen LogP contribution in [0.4, 0.5) is 0 Å². The maximum atomic E-state index is 10.8. The van der Waals surface area contributed by atoms with E-state index in [1.807, 2.05) is 31.2 Å². The Hall–Kier alpha value is -1.75. The van der Waals surface area contributed by atoms with E-state index in [2.05, 4.69) is 11.2 Å². The molecule has 2 heteroatoms. The van der Waals surface area contributed by atoms with Crippen LogP contribution in [-0.4, -0.2) is 5.91 Å². The third kappa shape index (κ3) is 2.63. The summed E-state index contributed by atoms with van der Waals surface area (Å²) in [5.41, 5.74) is 1.91. The minimum atomic E-state index is -0.0291. The Balaban J connectivity index is 2.77. The lowest BCUT2D eigenvalue weighted by Gasteiger charge is -2.12. The largest absolute Gasteiger partial charge is 0.350 e. The Morgan fingerprint density at radius 1 is 1.43 bits per heavy atom. The van der Waals surface area contributed by atoms with Crippen LogP contribution in [0, 0.1) is 12.3 Å². The number of rotatable bonds is 2. The molecule has 0 aliphatic heterocycles. The van der Waals surface area contributed by atoms with E-state index < -0.39 is 0 Å². The highest BCUT2D eigenvalue weighted by atomic mass is 16.1. The molecule has 0 saturated heterocycles. The molecular weight excluding hydrogens is 174 g/mol. The second-order valence-corrected chi connectivity index (χ2v) is 3.19. The Bertz CT molecular complexity index is 359. The Morgan fingerprint density at radius 2 is 2.00 bits per heavy atom. The van der Waals surface area contributed by atoms with Gasteiger partial charge in [-0.05, 0) is 24.6 Å². The van der Waals surface area contributed by atoms with Crippen molar-refractivity contribution in [2.24, 2.45) is 0 Å². The topological polar surface area (TPSA) is 29.1 Å². The van der Waals surface area contributed by atoms with Gasteiger partial charge in [-0.3, -0.25) is 4.79 Å². The van der Waals surface area contributed by atoms with Crippen molar-refractivity contribution in [3.63, 3.8) is 0 Å². The average molecular weight is 187 g/mol. The molecule has 2 nitrogen and oxygen atoms in total. The fraction of sp³-hybridized carbons (Fsp3) is 0.250. The number of hydrogen-bond donors (Lipinski definition) is 1. The highest BCUT2D eigenvalue weighted by Gasteiger charge is 2.05. The first kappa shape index (κ1) is 10.3. The molecular formula is C12H13NO. The second-order valence-electron chi connectivity index (χ2n) is 3.19. The van der Waals surface area contributed by atoms with E-state index in [4.69, 9.17) is 6.42 Å². The molecule has 0 aliphatic carbocycles. The van der Waals surface area contributed by atoms with Crippen LogP contribution in [0.5, 0.6) is 0 Å². The highest BCUT2D eigenvalue weighted by Crippen LogP contribution is 2.12. The lowest BCUT2D eigenvalue weighted by molar-refractivity contribution is -0.119. The van der Waals surface area contributed by atoms with Crippen LogP contribution in [0.3, 0.4) is 0 Å². The van der Waals surface area contributed by atoms with Crippen LogP contribution >= 0.6 is 0 Å². The van der Waals surface area contributed by atoms with Crippen molar-refractivity contribution in [3.8, 4) is 12.3 Å². The third-order valence-corrected chi connectivity index (χ3v) is 2.00. The molecule has 1 atom stereocenters. The quantitative estimate of drug-likeness (QED) is 0.703. The first-order chi connectivity index (χ1) is 6.63. The maximum absolute atomic E-state index is 10.8. The molecule has 0 fully saturated rings. The van der Waals surface area contributed by atoms with E-state index in [-0.39, 0.29) is 11.9 Å². The Labute approximate surface area is 84.3 Å². The number of nitrogens with one attached hydrogen (secondary N) is 1. The fourth-order valence-corrected chi connectivity index (χ4v) is 1.26. The van der Waals surface area contributed by atoms with Gasteiger partial charge in [0.05, 0.1) is 6.04 Å². The van der Waals surface area contributed by atoms with E-state index in [1.54, 1.807) is 0 Å². The molecule has 0 spiro atoms. The number of carbonyl (C=O) groups is 1. The molecule has 1 aromatic rings. The van der Waals surface area contributed by atoms with E-state index in [1.165, 1.54) is 6.92 Å². The van der Waals surface area contributed by atoms with E-state index in [9.17, 15) is 4.79 Å². The van der Waals surface area contributed by atoms with Crippen LogP contribution < -0.4 is 5.32 Å². The summed E-state index contributed by atoms with van der Waals surface area (Å²) in [6, 6.07) is 7.62. The summed E-state index contributed by atoms with van der Waals surface area (Å²) in [5.74, 6) is 2.52. The van der Waals surface area contributed by atoms with E-state index in [0.29, 0.717) is 0 Å². The summed E-state index contributed by atoms with van der Waals surface area (Å²) in [5, 5.41) is 2.81. The molecule has 0 heterocycles. The van der Waals surface area contributed by atoms with Gasteiger partial charge in [0, 0.05) is 12.5 Å². The Kier molecular flexibility index (Phi) is 3.30.